The van der Waals surface area contributed by atoms with Crippen molar-refractivity contribution < 1.29 is 14.3 Å². The van der Waals surface area contributed by atoms with E-state index in [0.717, 1.165) is 6.42 Å². The fourth-order valence-corrected chi connectivity index (χ4v) is 3.53. The van der Waals surface area contributed by atoms with E-state index in [2.05, 4.69) is 5.32 Å². The molecule has 1 aromatic heterocycles. The van der Waals surface area contributed by atoms with Crippen LogP contribution in [0.1, 0.15) is 33.4 Å². The number of carbonyl (C=O) groups is 2. The van der Waals surface area contributed by atoms with Gasteiger partial charge in [0, 0.05) is 20.1 Å². The van der Waals surface area contributed by atoms with Crippen LogP contribution in [-0.2, 0) is 4.74 Å². The van der Waals surface area contributed by atoms with Crippen molar-refractivity contribution in [2.45, 2.75) is 19.4 Å². The lowest BCUT2D eigenvalue weighted by Crippen LogP contribution is -2.42. The van der Waals surface area contributed by atoms with E-state index >= 15 is 0 Å². The SMILES string of the molecule is CCC1CN(c2sc(C(=O)NC)c(N)c2C(N)=O)CCO1. The first kappa shape index (κ1) is 15.6. The Morgan fingerprint density at radius 3 is 2.81 bits per heavy atom. The van der Waals surface area contributed by atoms with Gasteiger partial charge in [0.05, 0.1) is 24.0 Å². The average Bonchev–Trinajstić information content (AvgIpc) is 2.84. The van der Waals surface area contributed by atoms with E-state index in [-0.39, 0.29) is 23.3 Å². The van der Waals surface area contributed by atoms with Gasteiger partial charge >= 0.3 is 0 Å². The smallest absolute Gasteiger partial charge is 0.263 e. The highest BCUT2D eigenvalue weighted by molar-refractivity contribution is 7.19. The molecule has 0 aliphatic carbocycles. The summed E-state index contributed by atoms with van der Waals surface area (Å²) < 4.78 is 5.62. The summed E-state index contributed by atoms with van der Waals surface area (Å²) in [7, 11) is 1.52. The predicted molar refractivity (Wildman–Crippen MR) is 82.9 cm³/mol. The molecule has 8 heteroatoms. The number of carbonyl (C=O) groups excluding carboxylic acids is 2. The van der Waals surface area contributed by atoms with E-state index in [9.17, 15) is 9.59 Å². The lowest BCUT2D eigenvalue weighted by Gasteiger charge is -2.33. The Kier molecular flexibility index (Phi) is 4.69. The molecule has 1 aliphatic rings. The highest BCUT2D eigenvalue weighted by Gasteiger charge is 2.29. The van der Waals surface area contributed by atoms with E-state index in [0.29, 0.717) is 29.6 Å². The molecule has 0 spiro atoms. The molecule has 1 fully saturated rings. The molecule has 0 radical (unpaired) electrons. The van der Waals surface area contributed by atoms with Crippen molar-refractivity contribution >= 4 is 33.8 Å². The number of hydrogen-bond acceptors (Lipinski definition) is 6. The minimum absolute atomic E-state index is 0.103. The minimum Gasteiger partial charge on any atom is -0.397 e. The second-order valence-electron chi connectivity index (χ2n) is 4.82. The summed E-state index contributed by atoms with van der Waals surface area (Å²) in [6.45, 7) is 3.92. The molecule has 0 bridgehead atoms. The predicted octanol–water partition coefficient (Wildman–Crippen LogP) is 0.404. The van der Waals surface area contributed by atoms with Crippen LogP contribution in [-0.4, -0.2) is 44.7 Å². The van der Waals surface area contributed by atoms with Crippen LogP contribution in [0.2, 0.25) is 0 Å². The van der Waals surface area contributed by atoms with Crippen molar-refractivity contribution in [3.8, 4) is 0 Å². The summed E-state index contributed by atoms with van der Waals surface area (Å²) in [6, 6.07) is 0. The molecular weight excluding hydrogens is 292 g/mol. The maximum Gasteiger partial charge on any atom is 0.263 e. The second kappa shape index (κ2) is 6.31. The monoisotopic (exact) mass is 312 g/mol. The van der Waals surface area contributed by atoms with Gasteiger partial charge in [-0.2, -0.15) is 0 Å². The third-order valence-corrected chi connectivity index (χ3v) is 4.75. The number of thiophene rings is 1. The maximum atomic E-state index is 11.8. The summed E-state index contributed by atoms with van der Waals surface area (Å²) in [6.07, 6.45) is 0.984. The van der Waals surface area contributed by atoms with Crippen LogP contribution in [0.15, 0.2) is 0 Å². The molecule has 2 rings (SSSR count). The van der Waals surface area contributed by atoms with E-state index in [1.54, 1.807) is 0 Å². The Morgan fingerprint density at radius 2 is 2.24 bits per heavy atom. The molecule has 21 heavy (non-hydrogen) atoms. The van der Waals surface area contributed by atoms with Crippen molar-refractivity contribution in [3.63, 3.8) is 0 Å². The molecule has 5 N–H and O–H groups in total. The molecule has 2 amide bonds. The first-order valence-corrected chi connectivity index (χ1v) is 7.61. The van der Waals surface area contributed by atoms with Crippen molar-refractivity contribution in [2.24, 2.45) is 5.73 Å². The van der Waals surface area contributed by atoms with Gasteiger partial charge in [-0.15, -0.1) is 11.3 Å². The molecule has 0 aromatic carbocycles. The molecule has 1 aromatic rings. The van der Waals surface area contributed by atoms with E-state index in [1.807, 2.05) is 11.8 Å². The molecule has 1 unspecified atom stereocenters. The summed E-state index contributed by atoms with van der Waals surface area (Å²) in [5, 5.41) is 3.17. The number of morpholine rings is 1. The number of nitrogens with two attached hydrogens (primary N) is 2. The van der Waals surface area contributed by atoms with Gasteiger partial charge in [-0.05, 0) is 6.42 Å². The summed E-state index contributed by atoms with van der Waals surface area (Å²) >= 11 is 1.20. The van der Waals surface area contributed by atoms with Gasteiger partial charge in [-0.25, -0.2) is 0 Å². The zero-order valence-electron chi connectivity index (χ0n) is 12.1. The van der Waals surface area contributed by atoms with Crippen molar-refractivity contribution in [3.05, 3.63) is 10.4 Å². The molecular formula is C13H20N4O3S. The van der Waals surface area contributed by atoms with Gasteiger partial charge in [0.25, 0.3) is 11.8 Å². The molecule has 116 valence electrons. The molecule has 1 aliphatic heterocycles. The van der Waals surface area contributed by atoms with Gasteiger partial charge in [0.15, 0.2) is 0 Å². The standard InChI is InChI=1S/C13H20N4O3S/c1-3-7-6-17(4-5-20-7)13-8(11(15)18)9(14)10(21-13)12(19)16-2/h7H,3-6,14H2,1-2H3,(H2,15,18)(H,16,19). The quantitative estimate of drug-likeness (QED) is 0.745. The van der Waals surface area contributed by atoms with Crippen molar-refractivity contribution in [2.75, 3.05) is 37.4 Å². The summed E-state index contributed by atoms with van der Waals surface area (Å²) in [5.74, 6) is -0.931. The number of primary amides is 1. The van der Waals surface area contributed by atoms with Gasteiger partial charge in [-0.3, -0.25) is 9.59 Å². The van der Waals surface area contributed by atoms with Crippen molar-refractivity contribution in [1.82, 2.24) is 5.32 Å². The van der Waals surface area contributed by atoms with Crippen molar-refractivity contribution in [1.29, 1.82) is 0 Å². The maximum absolute atomic E-state index is 11.8. The van der Waals surface area contributed by atoms with E-state index in [4.69, 9.17) is 16.2 Å². The lowest BCUT2D eigenvalue weighted by atomic mass is 10.2. The van der Waals surface area contributed by atoms with Crippen LogP contribution in [0, 0.1) is 0 Å². The summed E-state index contributed by atoms with van der Waals surface area (Å²) in [4.78, 5) is 25.9. The van der Waals surface area contributed by atoms with Crippen LogP contribution in [0.3, 0.4) is 0 Å². The molecule has 2 heterocycles. The minimum atomic E-state index is -0.617. The average molecular weight is 312 g/mol. The normalized spacial score (nSPS) is 18.6. The number of hydrogen-bond donors (Lipinski definition) is 3. The van der Waals surface area contributed by atoms with Crippen LogP contribution >= 0.6 is 11.3 Å². The zero-order chi connectivity index (χ0) is 15.6. The largest absolute Gasteiger partial charge is 0.397 e. The van der Waals surface area contributed by atoms with Crippen LogP contribution < -0.4 is 21.7 Å². The van der Waals surface area contributed by atoms with Gasteiger partial charge in [0.2, 0.25) is 0 Å². The molecule has 1 saturated heterocycles. The molecule has 1 atom stereocenters. The first-order valence-electron chi connectivity index (χ1n) is 6.80. The van der Waals surface area contributed by atoms with E-state index < -0.39 is 5.91 Å². The topological polar surface area (TPSA) is 111 Å². The van der Waals surface area contributed by atoms with Crippen LogP contribution in [0.5, 0.6) is 0 Å². The Labute approximate surface area is 127 Å². The van der Waals surface area contributed by atoms with Crippen LogP contribution in [0.25, 0.3) is 0 Å². The second-order valence-corrected chi connectivity index (χ2v) is 5.81. The Bertz CT molecular complexity index is 558. The number of ether oxygens (including phenoxy) is 1. The van der Waals surface area contributed by atoms with Gasteiger partial charge in [0.1, 0.15) is 9.88 Å². The lowest BCUT2D eigenvalue weighted by molar-refractivity contribution is 0.0386. The number of nitrogens with one attached hydrogen (secondary N) is 1. The zero-order valence-corrected chi connectivity index (χ0v) is 13.0. The van der Waals surface area contributed by atoms with Gasteiger partial charge < -0.3 is 26.4 Å². The highest BCUT2D eigenvalue weighted by Crippen LogP contribution is 2.38. The Balaban J connectivity index is 2.42. The number of anilines is 2. The molecule has 7 nitrogen and oxygen atoms in total. The molecule has 0 saturated carbocycles. The Hall–Kier alpha value is -1.80. The third-order valence-electron chi connectivity index (χ3n) is 3.49. The number of nitrogen functional groups attached to an aromatic ring is 1. The number of rotatable bonds is 4. The van der Waals surface area contributed by atoms with Gasteiger partial charge in [-0.1, -0.05) is 6.92 Å². The Morgan fingerprint density at radius 1 is 1.52 bits per heavy atom. The first-order chi connectivity index (χ1) is 9.99. The van der Waals surface area contributed by atoms with E-state index in [1.165, 1.54) is 18.4 Å². The fraction of sp³-hybridized carbons (Fsp3) is 0.538. The third kappa shape index (κ3) is 2.96. The van der Waals surface area contributed by atoms with Crippen LogP contribution in [0.4, 0.5) is 10.7 Å². The number of nitrogens with zero attached hydrogens (tertiary/aromatic N) is 1. The summed E-state index contributed by atoms with van der Waals surface area (Å²) in [5.41, 5.74) is 11.8. The fourth-order valence-electron chi connectivity index (χ4n) is 2.33. The number of amides is 2. The highest BCUT2D eigenvalue weighted by atomic mass is 32.1.